The van der Waals surface area contributed by atoms with Crippen LogP contribution in [0.2, 0.25) is 0 Å². The Morgan fingerprint density at radius 1 is 1.19 bits per heavy atom. The fourth-order valence-corrected chi connectivity index (χ4v) is 3.10. The number of aryl methyl sites for hydroxylation is 1. The van der Waals surface area contributed by atoms with Crippen molar-refractivity contribution in [1.29, 1.82) is 0 Å². The molecule has 1 amide bonds. The van der Waals surface area contributed by atoms with Crippen LogP contribution < -0.4 is 14.8 Å². The first-order valence-corrected chi connectivity index (χ1v) is 9.05. The first-order chi connectivity index (χ1) is 13.1. The van der Waals surface area contributed by atoms with Crippen molar-refractivity contribution >= 4 is 28.7 Å². The van der Waals surface area contributed by atoms with E-state index in [1.165, 1.54) is 24.0 Å². The largest absolute Gasteiger partial charge is 0.493 e. The SMILES string of the molecule is COc1cc(C=O)ccc1OCC(=O)Nc1nc(-c2ccc(C)cc2)cs1. The average molecular weight is 382 g/mol. The molecule has 138 valence electrons. The van der Waals surface area contributed by atoms with E-state index in [0.29, 0.717) is 28.5 Å². The fraction of sp³-hybridized carbons (Fsp3) is 0.150. The van der Waals surface area contributed by atoms with Gasteiger partial charge in [0.25, 0.3) is 5.91 Å². The number of hydrogen-bond acceptors (Lipinski definition) is 6. The second-order valence-corrected chi connectivity index (χ2v) is 6.63. The fourth-order valence-electron chi connectivity index (χ4n) is 2.36. The van der Waals surface area contributed by atoms with E-state index in [1.54, 1.807) is 18.2 Å². The zero-order valence-corrected chi connectivity index (χ0v) is 15.7. The van der Waals surface area contributed by atoms with Gasteiger partial charge in [0.05, 0.1) is 12.8 Å². The van der Waals surface area contributed by atoms with Crippen molar-refractivity contribution in [2.24, 2.45) is 0 Å². The number of thiazole rings is 1. The molecule has 7 heteroatoms. The summed E-state index contributed by atoms with van der Waals surface area (Å²) in [6, 6.07) is 12.8. The van der Waals surface area contributed by atoms with Crippen LogP contribution in [0.15, 0.2) is 47.8 Å². The predicted molar refractivity (Wildman–Crippen MR) is 105 cm³/mol. The number of rotatable bonds is 7. The number of aldehydes is 1. The van der Waals surface area contributed by atoms with Crippen LogP contribution in [0, 0.1) is 6.92 Å². The molecular weight excluding hydrogens is 364 g/mol. The molecule has 0 saturated carbocycles. The number of amides is 1. The first-order valence-electron chi connectivity index (χ1n) is 8.17. The molecule has 0 unspecified atom stereocenters. The third-order valence-electron chi connectivity index (χ3n) is 3.78. The quantitative estimate of drug-likeness (QED) is 0.626. The van der Waals surface area contributed by atoms with Gasteiger partial charge in [0.15, 0.2) is 23.2 Å². The van der Waals surface area contributed by atoms with Crippen molar-refractivity contribution in [2.45, 2.75) is 6.92 Å². The molecule has 1 aromatic heterocycles. The maximum absolute atomic E-state index is 12.1. The summed E-state index contributed by atoms with van der Waals surface area (Å²) in [6.45, 7) is 1.83. The van der Waals surface area contributed by atoms with Gasteiger partial charge in [0, 0.05) is 16.5 Å². The second-order valence-electron chi connectivity index (χ2n) is 5.77. The minimum Gasteiger partial charge on any atom is -0.493 e. The number of nitrogens with zero attached hydrogens (tertiary/aromatic N) is 1. The number of aromatic nitrogens is 1. The molecule has 1 N–H and O–H groups in total. The second kappa shape index (κ2) is 8.46. The number of carbonyl (C=O) groups excluding carboxylic acids is 2. The Balaban J connectivity index is 1.60. The van der Waals surface area contributed by atoms with E-state index in [2.05, 4.69) is 10.3 Å². The summed E-state index contributed by atoms with van der Waals surface area (Å²) < 4.78 is 10.7. The number of ether oxygens (including phenoxy) is 2. The number of anilines is 1. The topological polar surface area (TPSA) is 77.5 Å². The molecule has 3 rings (SSSR count). The van der Waals surface area contributed by atoms with Gasteiger partial charge in [-0.05, 0) is 25.1 Å². The maximum atomic E-state index is 12.1. The lowest BCUT2D eigenvalue weighted by atomic mass is 10.1. The molecule has 3 aromatic rings. The summed E-state index contributed by atoms with van der Waals surface area (Å²) in [6.07, 6.45) is 0.715. The van der Waals surface area contributed by atoms with E-state index < -0.39 is 0 Å². The van der Waals surface area contributed by atoms with Gasteiger partial charge >= 0.3 is 0 Å². The van der Waals surface area contributed by atoms with Crippen LogP contribution in [0.25, 0.3) is 11.3 Å². The Morgan fingerprint density at radius 3 is 2.67 bits per heavy atom. The lowest BCUT2D eigenvalue weighted by Gasteiger charge is -2.10. The normalized spacial score (nSPS) is 10.3. The molecule has 0 fully saturated rings. The van der Waals surface area contributed by atoms with Gasteiger partial charge < -0.3 is 9.47 Å². The van der Waals surface area contributed by atoms with Gasteiger partial charge in [-0.1, -0.05) is 29.8 Å². The third kappa shape index (κ3) is 4.71. The highest BCUT2D eigenvalue weighted by atomic mass is 32.1. The van der Waals surface area contributed by atoms with Gasteiger partial charge in [-0.25, -0.2) is 4.98 Å². The summed E-state index contributed by atoms with van der Waals surface area (Å²) in [5, 5.41) is 5.11. The average Bonchev–Trinajstić information content (AvgIpc) is 3.15. The molecule has 0 radical (unpaired) electrons. The molecule has 0 saturated heterocycles. The summed E-state index contributed by atoms with van der Waals surface area (Å²) >= 11 is 1.35. The highest BCUT2D eigenvalue weighted by Crippen LogP contribution is 2.28. The minimum absolute atomic E-state index is 0.198. The van der Waals surface area contributed by atoms with Gasteiger partial charge in [0.2, 0.25) is 0 Å². The summed E-state index contributed by atoms with van der Waals surface area (Å²) in [5.41, 5.74) is 3.45. The van der Waals surface area contributed by atoms with E-state index >= 15 is 0 Å². The Bertz CT molecular complexity index is 951. The van der Waals surface area contributed by atoms with Crippen molar-refractivity contribution in [1.82, 2.24) is 4.98 Å². The standard InChI is InChI=1S/C20H18N2O4S/c1-13-3-6-15(7-4-13)16-12-27-20(21-16)22-19(24)11-26-17-8-5-14(10-23)9-18(17)25-2/h3-10,12H,11H2,1-2H3,(H,21,22,24). The predicted octanol–water partition coefficient (Wildman–Crippen LogP) is 3.96. The van der Waals surface area contributed by atoms with Gasteiger partial charge in [-0.2, -0.15) is 0 Å². The van der Waals surface area contributed by atoms with E-state index in [0.717, 1.165) is 11.3 Å². The number of benzene rings is 2. The van der Waals surface area contributed by atoms with Crippen LogP contribution in [0.3, 0.4) is 0 Å². The summed E-state index contributed by atoms with van der Waals surface area (Å²) in [7, 11) is 1.47. The van der Waals surface area contributed by atoms with Gasteiger partial charge in [-0.3, -0.25) is 14.9 Å². The summed E-state index contributed by atoms with van der Waals surface area (Å²) in [5.74, 6) is 0.447. The van der Waals surface area contributed by atoms with Crippen LogP contribution in [0.5, 0.6) is 11.5 Å². The third-order valence-corrected chi connectivity index (χ3v) is 4.54. The van der Waals surface area contributed by atoms with Crippen molar-refractivity contribution in [3.63, 3.8) is 0 Å². The minimum atomic E-state index is -0.332. The maximum Gasteiger partial charge on any atom is 0.264 e. The molecule has 0 bridgehead atoms. The molecule has 0 aliphatic rings. The smallest absolute Gasteiger partial charge is 0.264 e. The van der Waals surface area contributed by atoms with E-state index in [9.17, 15) is 9.59 Å². The Kier molecular flexibility index (Phi) is 5.83. The van der Waals surface area contributed by atoms with Crippen LogP contribution in [-0.4, -0.2) is 30.9 Å². The number of carbonyl (C=O) groups is 2. The molecule has 6 nitrogen and oxygen atoms in total. The zero-order chi connectivity index (χ0) is 19.2. The van der Waals surface area contributed by atoms with Crippen molar-refractivity contribution in [2.75, 3.05) is 19.0 Å². The van der Waals surface area contributed by atoms with Crippen molar-refractivity contribution in [3.8, 4) is 22.8 Å². The van der Waals surface area contributed by atoms with Gasteiger partial charge in [0.1, 0.15) is 6.29 Å². The Morgan fingerprint density at radius 2 is 1.96 bits per heavy atom. The first kappa shape index (κ1) is 18.6. The van der Waals surface area contributed by atoms with Crippen molar-refractivity contribution in [3.05, 3.63) is 59.0 Å². The lowest BCUT2D eigenvalue weighted by Crippen LogP contribution is -2.20. The molecule has 0 atom stereocenters. The molecule has 0 spiro atoms. The number of nitrogens with one attached hydrogen (secondary N) is 1. The van der Waals surface area contributed by atoms with E-state index in [-0.39, 0.29) is 12.5 Å². The molecule has 27 heavy (non-hydrogen) atoms. The highest BCUT2D eigenvalue weighted by molar-refractivity contribution is 7.14. The number of methoxy groups -OCH3 is 1. The van der Waals surface area contributed by atoms with Crippen LogP contribution in [0.4, 0.5) is 5.13 Å². The Labute approximate surface area is 160 Å². The van der Waals surface area contributed by atoms with Gasteiger partial charge in [-0.15, -0.1) is 11.3 Å². The number of hydrogen-bond donors (Lipinski definition) is 1. The van der Waals surface area contributed by atoms with Crippen molar-refractivity contribution < 1.29 is 19.1 Å². The molecule has 0 aliphatic heterocycles. The van der Waals surface area contributed by atoms with Crippen LogP contribution >= 0.6 is 11.3 Å². The molecular formula is C20H18N2O4S. The molecule has 0 aliphatic carbocycles. The lowest BCUT2D eigenvalue weighted by molar-refractivity contribution is -0.118. The monoisotopic (exact) mass is 382 g/mol. The van der Waals surface area contributed by atoms with E-state index in [4.69, 9.17) is 9.47 Å². The van der Waals surface area contributed by atoms with E-state index in [1.807, 2.05) is 36.6 Å². The zero-order valence-electron chi connectivity index (χ0n) is 14.9. The van der Waals surface area contributed by atoms with Crippen LogP contribution in [-0.2, 0) is 4.79 Å². The summed E-state index contributed by atoms with van der Waals surface area (Å²) in [4.78, 5) is 27.4. The molecule has 1 heterocycles. The van der Waals surface area contributed by atoms with Crippen LogP contribution in [0.1, 0.15) is 15.9 Å². The Hall–Kier alpha value is -3.19. The highest BCUT2D eigenvalue weighted by Gasteiger charge is 2.11. The molecule has 2 aromatic carbocycles.